The highest BCUT2D eigenvalue weighted by Gasteiger charge is 2.73. The Morgan fingerprint density at radius 1 is 0.569 bits per heavy atom. The maximum atomic E-state index is 15.6. The number of carbonyl (C=O) groups is 5. The normalized spacial score (nSPS) is 18.1. The highest BCUT2D eigenvalue weighted by atomic mass is 19.4. The Balaban J connectivity index is 0.908. The summed E-state index contributed by atoms with van der Waals surface area (Å²) in [6, 6.07) is 29.1. The van der Waals surface area contributed by atoms with Gasteiger partial charge >= 0.3 is 28.5 Å². The van der Waals surface area contributed by atoms with E-state index in [1.54, 1.807) is 48.6 Å². The summed E-state index contributed by atoms with van der Waals surface area (Å²) in [6.07, 6.45) is -8.05. The number of anilines is 4. The van der Waals surface area contributed by atoms with E-state index in [-0.39, 0.29) is 46.1 Å². The zero-order valence-electron chi connectivity index (χ0n) is 38.4. The minimum atomic E-state index is -6.09. The Kier molecular flexibility index (Phi) is 12.7. The van der Waals surface area contributed by atoms with Gasteiger partial charge in [0.1, 0.15) is 23.0 Å². The van der Waals surface area contributed by atoms with Crippen LogP contribution in [0.2, 0.25) is 0 Å². The summed E-state index contributed by atoms with van der Waals surface area (Å²) >= 11 is 0. The molecule has 72 heavy (non-hydrogen) atoms. The first kappa shape index (κ1) is 48.7. The molecule has 364 valence electrons. The van der Waals surface area contributed by atoms with E-state index in [4.69, 9.17) is 14.0 Å². The minimum absolute atomic E-state index is 0.0633. The van der Waals surface area contributed by atoms with Gasteiger partial charge in [0.2, 0.25) is 17.2 Å². The van der Waals surface area contributed by atoms with Crippen molar-refractivity contribution in [2.24, 2.45) is 23.7 Å². The van der Waals surface area contributed by atoms with E-state index < -0.39 is 75.7 Å². The summed E-state index contributed by atoms with van der Waals surface area (Å²) in [7, 11) is 2.22. The topological polar surface area (TPSA) is 152 Å². The molecule has 2 bridgehead atoms. The van der Waals surface area contributed by atoms with Gasteiger partial charge in [-0.05, 0) is 139 Å². The molecular weight excluding hydrogens is 944 g/mol. The lowest BCUT2D eigenvalue weighted by molar-refractivity contribution is -0.288. The van der Waals surface area contributed by atoms with Crippen LogP contribution in [0.1, 0.15) is 54.2 Å². The molecule has 12 nitrogen and oxygen atoms in total. The second kappa shape index (κ2) is 18.8. The molecule has 0 radical (unpaired) electrons. The van der Waals surface area contributed by atoms with Crippen LogP contribution >= 0.6 is 0 Å². The predicted octanol–water partition coefficient (Wildman–Crippen LogP) is 9.12. The first-order valence-electron chi connectivity index (χ1n) is 22.4. The van der Waals surface area contributed by atoms with Crippen LogP contribution in [0, 0.1) is 30.6 Å². The minimum Gasteiger partial charge on any atom is -0.566 e. The molecule has 1 saturated carbocycles. The highest BCUT2D eigenvalue weighted by molar-refractivity contribution is 6.24. The number of amides is 5. The lowest BCUT2D eigenvalue weighted by atomic mass is 9.72. The van der Waals surface area contributed by atoms with Gasteiger partial charge in [0, 0.05) is 28.1 Å². The molecule has 1 heterocycles. The average molecular weight is 985 g/mol. The van der Waals surface area contributed by atoms with E-state index in [2.05, 4.69) is 16.0 Å². The summed E-state index contributed by atoms with van der Waals surface area (Å²) in [5.41, 5.74) is -5.99. The van der Waals surface area contributed by atoms with Gasteiger partial charge in [-0.15, -0.1) is 0 Å². The fourth-order valence-electron chi connectivity index (χ4n) is 9.72. The number of benzene rings is 6. The lowest BCUT2D eigenvalue weighted by Crippen LogP contribution is -2.55. The van der Waals surface area contributed by atoms with Crippen LogP contribution in [-0.2, 0) is 15.0 Å². The van der Waals surface area contributed by atoms with Crippen molar-refractivity contribution >= 4 is 68.4 Å². The first-order valence-corrected chi connectivity index (χ1v) is 22.4. The molecule has 2 aliphatic carbocycles. The van der Waals surface area contributed by atoms with Crippen molar-refractivity contribution in [3.63, 3.8) is 0 Å². The smallest absolute Gasteiger partial charge is 0.411 e. The zero-order valence-corrected chi connectivity index (χ0v) is 38.4. The van der Waals surface area contributed by atoms with Gasteiger partial charge in [-0.1, -0.05) is 48.0 Å². The number of allylic oxidation sites excluding steroid dienone is 2. The number of ether oxygens (including phenoxy) is 1. The number of nitrogens with zero attached hydrogens (tertiary/aromatic N) is 1. The summed E-state index contributed by atoms with van der Waals surface area (Å²) in [6.45, 7) is 1.91. The van der Waals surface area contributed by atoms with Gasteiger partial charge in [0.05, 0.1) is 23.2 Å². The summed E-state index contributed by atoms with van der Waals surface area (Å²) < 4.78 is 110. The van der Waals surface area contributed by atoms with Crippen molar-refractivity contribution < 1.29 is 64.4 Å². The van der Waals surface area contributed by atoms with E-state index >= 15 is 26.3 Å². The molecule has 5 amide bonds. The number of halogens is 6. The predicted molar refractivity (Wildman–Crippen MR) is 259 cm³/mol. The second-order valence-electron chi connectivity index (χ2n) is 17.5. The molecule has 3 N–H and O–H groups in total. The van der Waals surface area contributed by atoms with Gasteiger partial charge in [-0.3, -0.25) is 24.0 Å². The van der Waals surface area contributed by atoms with Crippen LogP contribution in [0.4, 0.5) is 49.1 Å². The standard InChI is InChI=1S/C52H40B2F6N4O8/c1-27-5-7-28(8-6-27)45(65)61-35-3-2-4-36(26-35)62-46(66)29-11-17-37(18-12-29)70-38-19-13-30(14-20-38)47(67)63-39-24-33(15-21-41(39)71-53)50(51(55,56)57,52(58,59)60)34-16-22-42(72-54)40(25-34)64-48(68)43-31-9-10-32(23-31)44(43)49(64)69/h2-22,24-26,31-32,43-44H,23,53-54H2,1H3,(H,61,65)(H,62,66)(H,63,67). The van der Waals surface area contributed by atoms with Crippen molar-refractivity contribution in [2.45, 2.75) is 31.1 Å². The Hall–Kier alpha value is -8.28. The van der Waals surface area contributed by atoms with Crippen LogP contribution in [0.25, 0.3) is 0 Å². The van der Waals surface area contributed by atoms with E-state index in [0.717, 1.165) is 33.8 Å². The van der Waals surface area contributed by atoms with Crippen molar-refractivity contribution in [2.75, 3.05) is 20.9 Å². The first-order chi connectivity index (χ1) is 34.3. The Labute approximate surface area is 409 Å². The second-order valence-corrected chi connectivity index (χ2v) is 17.5. The summed E-state index contributed by atoms with van der Waals surface area (Å²) in [4.78, 5) is 67.5. The number of aryl methyl sites for hydroxylation is 1. The Morgan fingerprint density at radius 3 is 1.49 bits per heavy atom. The number of hydrogen-bond donors (Lipinski definition) is 3. The third kappa shape index (κ3) is 8.81. The molecule has 4 unspecified atom stereocenters. The van der Waals surface area contributed by atoms with Crippen molar-refractivity contribution in [3.05, 3.63) is 179 Å². The van der Waals surface area contributed by atoms with Crippen LogP contribution < -0.4 is 34.9 Å². The third-order valence-electron chi connectivity index (χ3n) is 13.2. The number of rotatable bonds is 13. The van der Waals surface area contributed by atoms with Crippen LogP contribution in [-0.4, -0.2) is 58.0 Å². The van der Waals surface area contributed by atoms with Crippen molar-refractivity contribution in [1.82, 2.24) is 0 Å². The number of hydrogen-bond acceptors (Lipinski definition) is 8. The number of nitrogens with one attached hydrogen (secondary N) is 3. The van der Waals surface area contributed by atoms with E-state index in [9.17, 15) is 24.0 Å². The van der Waals surface area contributed by atoms with Gasteiger partial charge in [0.25, 0.3) is 17.7 Å². The largest absolute Gasteiger partial charge is 0.566 e. The SMILES string of the molecule is BOc1ccc(C(c2ccc(OB)c(N3C(=O)C4C5C=CC(C5)C4C3=O)c2)(C(F)(F)F)C(F)(F)F)cc1NC(=O)c1ccc(Oc2ccc(C(=O)Nc3cccc(NC(=O)c4ccc(C)cc4)c3)cc2)cc1. The van der Waals surface area contributed by atoms with Gasteiger partial charge < -0.3 is 30.0 Å². The number of imide groups is 1. The quantitative estimate of drug-likeness (QED) is 0.0449. The zero-order chi connectivity index (χ0) is 51.3. The monoisotopic (exact) mass is 984 g/mol. The molecule has 2 fully saturated rings. The van der Waals surface area contributed by atoms with Crippen molar-refractivity contribution in [3.8, 4) is 23.0 Å². The summed E-state index contributed by atoms with van der Waals surface area (Å²) in [5.74, 6) is -5.39. The van der Waals surface area contributed by atoms with Crippen LogP contribution in [0.5, 0.6) is 23.0 Å². The average Bonchev–Trinajstić information content (AvgIpc) is 4.04. The molecule has 3 aliphatic rings. The maximum Gasteiger partial charge on any atom is 0.411 e. The fourth-order valence-corrected chi connectivity index (χ4v) is 9.72. The van der Waals surface area contributed by atoms with E-state index in [1.165, 1.54) is 48.5 Å². The number of fused-ring (bicyclic) bond motifs is 5. The molecule has 4 atom stereocenters. The fraction of sp³-hybridized carbons (Fsp3) is 0.173. The van der Waals surface area contributed by atoms with Crippen molar-refractivity contribution in [1.29, 1.82) is 0 Å². The van der Waals surface area contributed by atoms with Gasteiger partial charge in [-0.2, -0.15) is 26.3 Å². The number of alkyl halides is 6. The maximum absolute atomic E-state index is 15.6. The molecule has 1 saturated heterocycles. The molecule has 6 aromatic rings. The highest BCUT2D eigenvalue weighted by Crippen LogP contribution is 2.59. The van der Waals surface area contributed by atoms with Gasteiger partial charge in [0.15, 0.2) is 0 Å². The molecule has 9 rings (SSSR count). The Bertz CT molecular complexity index is 3120. The van der Waals surface area contributed by atoms with E-state index in [0.29, 0.717) is 58.3 Å². The van der Waals surface area contributed by atoms with Crippen LogP contribution in [0.15, 0.2) is 146 Å². The van der Waals surface area contributed by atoms with E-state index in [1.807, 2.05) is 19.1 Å². The molecule has 20 heteroatoms. The number of carbonyl (C=O) groups excluding carboxylic acids is 5. The molecule has 6 aromatic carbocycles. The third-order valence-corrected chi connectivity index (χ3v) is 13.2. The molecule has 0 aromatic heterocycles. The Morgan fingerprint density at radius 2 is 1.01 bits per heavy atom. The van der Waals surface area contributed by atoms with Crippen LogP contribution in [0.3, 0.4) is 0 Å². The lowest BCUT2D eigenvalue weighted by Gasteiger charge is -2.39. The summed E-state index contributed by atoms with van der Waals surface area (Å²) in [5, 5.41) is 7.96. The molecule has 1 aliphatic heterocycles. The van der Waals surface area contributed by atoms with Gasteiger partial charge in [-0.25, -0.2) is 4.90 Å². The molecular formula is C52H40B2F6N4O8. The molecule has 0 spiro atoms.